The standard InChI is InChI=1S/C11H11NO3S/c1-15-8(6-10(13)14)11-12-7-4-2-3-5-9(7)16-11/h2-5,8H,6H2,1H3,(H,13,14)/t8-/m1/s1. The number of carboxylic acids is 1. The van der Waals surface area contributed by atoms with Gasteiger partial charge in [-0.05, 0) is 12.1 Å². The van der Waals surface area contributed by atoms with E-state index in [1.165, 1.54) is 18.4 Å². The van der Waals surface area contributed by atoms with Crippen molar-refractivity contribution in [1.29, 1.82) is 0 Å². The van der Waals surface area contributed by atoms with E-state index in [0.29, 0.717) is 5.01 Å². The summed E-state index contributed by atoms with van der Waals surface area (Å²) in [7, 11) is 1.50. The number of hydrogen-bond acceptors (Lipinski definition) is 4. The molecule has 0 saturated carbocycles. The summed E-state index contributed by atoms with van der Waals surface area (Å²) in [6.07, 6.45) is -0.522. The molecule has 1 aromatic heterocycles. The molecule has 2 rings (SSSR count). The minimum Gasteiger partial charge on any atom is -0.481 e. The lowest BCUT2D eigenvalue weighted by molar-refractivity contribution is -0.139. The second kappa shape index (κ2) is 4.59. The van der Waals surface area contributed by atoms with E-state index in [1.54, 1.807) is 0 Å². The van der Waals surface area contributed by atoms with E-state index in [4.69, 9.17) is 9.84 Å². The third-order valence-electron chi connectivity index (χ3n) is 2.23. The highest BCUT2D eigenvalue weighted by Crippen LogP contribution is 2.29. The van der Waals surface area contributed by atoms with Crippen LogP contribution in [0.2, 0.25) is 0 Å². The van der Waals surface area contributed by atoms with Crippen molar-refractivity contribution in [3.8, 4) is 0 Å². The smallest absolute Gasteiger partial charge is 0.306 e. The fourth-order valence-electron chi connectivity index (χ4n) is 1.46. The van der Waals surface area contributed by atoms with Crippen molar-refractivity contribution in [3.05, 3.63) is 29.3 Å². The van der Waals surface area contributed by atoms with E-state index < -0.39 is 12.1 Å². The number of carboxylic acid groups (broad SMARTS) is 1. The maximum Gasteiger partial charge on any atom is 0.306 e. The van der Waals surface area contributed by atoms with Crippen molar-refractivity contribution in [3.63, 3.8) is 0 Å². The Hall–Kier alpha value is -1.46. The molecule has 0 bridgehead atoms. The lowest BCUT2D eigenvalue weighted by atomic mass is 10.2. The first-order chi connectivity index (χ1) is 7.70. The SMILES string of the molecule is CO[C@H](CC(=O)O)c1nc2ccccc2s1. The Kier molecular flexibility index (Phi) is 3.17. The summed E-state index contributed by atoms with van der Waals surface area (Å²) >= 11 is 1.47. The molecule has 0 spiro atoms. The third-order valence-corrected chi connectivity index (χ3v) is 3.36. The maximum absolute atomic E-state index is 10.7. The van der Waals surface area contributed by atoms with Gasteiger partial charge in [-0.2, -0.15) is 0 Å². The van der Waals surface area contributed by atoms with Gasteiger partial charge < -0.3 is 9.84 Å². The van der Waals surface area contributed by atoms with Gasteiger partial charge in [0.25, 0.3) is 0 Å². The highest BCUT2D eigenvalue weighted by Gasteiger charge is 2.18. The normalized spacial score (nSPS) is 12.8. The lowest BCUT2D eigenvalue weighted by Gasteiger charge is -2.08. The van der Waals surface area contributed by atoms with Gasteiger partial charge in [0.05, 0.1) is 16.6 Å². The quantitative estimate of drug-likeness (QED) is 0.887. The Morgan fingerprint density at radius 1 is 1.56 bits per heavy atom. The van der Waals surface area contributed by atoms with E-state index >= 15 is 0 Å². The van der Waals surface area contributed by atoms with Crippen molar-refractivity contribution in [1.82, 2.24) is 4.98 Å². The largest absolute Gasteiger partial charge is 0.481 e. The fraction of sp³-hybridized carbons (Fsp3) is 0.273. The molecule has 4 nitrogen and oxygen atoms in total. The number of ether oxygens (including phenoxy) is 1. The van der Waals surface area contributed by atoms with Crippen molar-refractivity contribution in [2.45, 2.75) is 12.5 Å². The average molecular weight is 237 g/mol. The highest BCUT2D eigenvalue weighted by atomic mass is 32.1. The lowest BCUT2D eigenvalue weighted by Crippen LogP contribution is -2.07. The summed E-state index contributed by atoms with van der Waals surface area (Å²) in [5.41, 5.74) is 0.884. The van der Waals surface area contributed by atoms with Crippen LogP contribution in [0.3, 0.4) is 0 Å². The van der Waals surface area contributed by atoms with Crippen LogP contribution in [0, 0.1) is 0 Å². The van der Waals surface area contributed by atoms with E-state index in [0.717, 1.165) is 10.2 Å². The summed E-state index contributed by atoms with van der Waals surface area (Å²) in [5.74, 6) is -0.883. The van der Waals surface area contributed by atoms with Crippen LogP contribution in [0.4, 0.5) is 0 Å². The minimum absolute atomic E-state index is 0.0592. The van der Waals surface area contributed by atoms with Crippen LogP contribution in [-0.2, 0) is 9.53 Å². The fourth-order valence-corrected chi connectivity index (χ4v) is 2.50. The second-order valence-electron chi connectivity index (χ2n) is 3.34. The predicted molar refractivity (Wildman–Crippen MR) is 61.6 cm³/mol. The number of aliphatic carboxylic acids is 1. The van der Waals surface area contributed by atoms with Gasteiger partial charge in [0.1, 0.15) is 11.1 Å². The number of hydrogen-bond donors (Lipinski definition) is 1. The maximum atomic E-state index is 10.7. The molecule has 1 atom stereocenters. The first kappa shape index (κ1) is 11.0. The summed E-state index contributed by atoms with van der Waals surface area (Å²) in [5, 5.41) is 9.46. The molecular formula is C11H11NO3S. The number of methoxy groups -OCH3 is 1. The van der Waals surface area contributed by atoms with Crippen molar-refractivity contribution >= 4 is 27.5 Å². The third kappa shape index (κ3) is 2.20. The molecule has 0 unspecified atom stereocenters. The van der Waals surface area contributed by atoms with Gasteiger partial charge in [0, 0.05) is 7.11 Å². The molecule has 1 N–H and O–H groups in total. The van der Waals surface area contributed by atoms with Crippen molar-refractivity contribution < 1.29 is 14.6 Å². The molecule has 0 aliphatic rings. The van der Waals surface area contributed by atoms with Gasteiger partial charge in [0.2, 0.25) is 0 Å². The number of aromatic nitrogens is 1. The van der Waals surface area contributed by atoms with Crippen LogP contribution in [0.15, 0.2) is 24.3 Å². The van der Waals surface area contributed by atoms with Crippen LogP contribution < -0.4 is 0 Å². The molecular weight excluding hydrogens is 226 g/mol. The Bertz CT molecular complexity index is 476. The Morgan fingerprint density at radius 2 is 2.31 bits per heavy atom. The molecule has 0 aliphatic heterocycles. The minimum atomic E-state index is -0.883. The molecule has 84 valence electrons. The number of para-hydroxylation sites is 1. The monoisotopic (exact) mass is 237 g/mol. The number of nitrogens with zero attached hydrogens (tertiary/aromatic N) is 1. The highest BCUT2D eigenvalue weighted by molar-refractivity contribution is 7.18. The Labute approximate surface area is 96.5 Å². The molecule has 5 heteroatoms. The van der Waals surface area contributed by atoms with Crippen molar-refractivity contribution in [2.75, 3.05) is 7.11 Å². The molecule has 0 radical (unpaired) electrons. The van der Waals surface area contributed by atoms with E-state index in [-0.39, 0.29) is 6.42 Å². The van der Waals surface area contributed by atoms with E-state index in [2.05, 4.69) is 4.98 Å². The second-order valence-corrected chi connectivity index (χ2v) is 4.40. The zero-order chi connectivity index (χ0) is 11.5. The van der Waals surface area contributed by atoms with Gasteiger partial charge in [0.15, 0.2) is 0 Å². The predicted octanol–water partition coefficient (Wildman–Crippen LogP) is 2.46. The Balaban J connectivity index is 2.34. The zero-order valence-corrected chi connectivity index (χ0v) is 9.53. The first-order valence-electron chi connectivity index (χ1n) is 4.80. The topological polar surface area (TPSA) is 59.4 Å². The van der Waals surface area contributed by atoms with Crippen LogP contribution >= 0.6 is 11.3 Å². The molecule has 0 fully saturated rings. The zero-order valence-electron chi connectivity index (χ0n) is 8.71. The number of thiazole rings is 1. The number of carbonyl (C=O) groups is 1. The average Bonchev–Trinajstić information content (AvgIpc) is 2.68. The van der Waals surface area contributed by atoms with Gasteiger partial charge in [-0.25, -0.2) is 4.98 Å². The molecule has 1 aromatic carbocycles. The van der Waals surface area contributed by atoms with Gasteiger partial charge in [-0.3, -0.25) is 4.79 Å². The van der Waals surface area contributed by atoms with Gasteiger partial charge in [-0.1, -0.05) is 12.1 Å². The Morgan fingerprint density at radius 3 is 2.94 bits per heavy atom. The van der Waals surface area contributed by atoms with Gasteiger partial charge in [-0.15, -0.1) is 11.3 Å². The van der Waals surface area contributed by atoms with Crippen LogP contribution in [0.1, 0.15) is 17.5 Å². The summed E-state index contributed by atoms with van der Waals surface area (Å²) < 4.78 is 6.19. The number of fused-ring (bicyclic) bond motifs is 1. The van der Waals surface area contributed by atoms with Gasteiger partial charge >= 0.3 is 5.97 Å². The van der Waals surface area contributed by atoms with E-state index in [1.807, 2.05) is 24.3 Å². The van der Waals surface area contributed by atoms with Crippen LogP contribution in [0.25, 0.3) is 10.2 Å². The summed E-state index contributed by atoms with van der Waals surface area (Å²) in [6.45, 7) is 0. The van der Waals surface area contributed by atoms with E-state index in [9.17, 15) is 4.79 Å². The summed E-state index contributed by atoms with van der Waals surface area (Å²) in [4.78, 5) is 15.0. The first-order valence-corrected chi connectivity index (χ1v) is 5.62. The van der Waals surface area contributed by atoms with Crippen LogP contribution in [0.5, 0.6) is 0 Å². The molecule has 0 saturated heterocycles. The molecule has 1 heterocycles. The summed E-state index contributed by atoms with van der Waals surface area (Å²) in [6, 6.07) is 7.71. The molecule has 16 heavy (non-hydrogen) atoms. The molecule has 0 amide bonds. The number of rotatable bonds is 4. The van der Waals surface area contributed by atoms with Crippen molar-refractivity contribution in [2.24, 2.45) is 0 Å². The molecule has 0 aliphatic carbocycles. The molecule has 2 aromatic rings. The number of benzene rings is 1. The van der Waals surface area contributed by atoms with Crippen LogP contribution in [-0.4, -0.2) is 23.2 Å².